The van der Waals surface area contributed by atoms with Gasteiger partial charge in [-0.3, -0.25) is 14.5 Å². The lowest BCUT2D eigenvalue weighted by Crippen LogP contribution is -2.49. The normalized spacial score (nSPS) is 14.8. The van der Waals surface area contributed by atoms with Crippen LogP contribution in [0.15, 0.2) is 18.2 Å². The number of nitrogens with one attached hydrogen (secondary N) is 2. The number of fused-ring (bicyclic) bond motifs is 1. The van der Waals surface area contributed by atoms with Crippen LogP contribution in [-0.4, -0.2) is 55.1 Å². The maximum Gasteiger partial charge on any atom is 0.241 e. The van der Waals surface area contributed by atoms with Crippen molar-refractivity contribution in [2.75, 3.05) is 32.1 Å². The summed E-state index contributed by atoms with van der Waals surface area (Å²) in [5.74, 6) is 0.986. The van der Waals surface area contributed by atoms with E-state index in [-0.39, 0.29) is 23.9 Å². The van der Waals surface area contributed by atoms with Gasteiger partial charge in [-0.05, 0) is 46.9 Å². The van der Waals surface area contributed by atoms with Gasteiger partial charge < -0.3 is 20.1 Å². The Balaban J connectivity index is 1.92. The fourth-order valence-electron chi connectivity index (χ4n) is 2.39. The third kappa shape index (κ3) is 5.63. The number of carbonyl (C=O) groups is 2. The van der Waals surface area contributed by atoms with Gasteiger partial charge >= 0.3 is 0 Å². The van der Waals surface area contributed by atoms with Crippen molar-refractivity contribution in [1.82, 2.24) is 10.2 Å². The number of anilines is 1. The molecule has 0 unspecified atom stereocenters. The molecule has 1 aromatic carbocycles. The molecule has 0 saturated carbocycles. The summed E-state index contributed by atoms with van der Waals surface area (Å²) < 4.78 is 11.0. The second-order valence-corrected chi connectivity index (χ2v) is 7.24. The zero-order valence-corrected chi connectivity index (χ0v) is 15.5. The van der Waals surface area contributed by atoms with Crippen molar-refractivity contribution >= 4 is 17.5 Å². The number of amides is 2. The Kier molecular flexibility index (Phi) is 5.89. The first kappa shape index (κ1) is 19.1. The van der Waals surface area contributed by atoms with E-state index in [2.05, 4.69) is 10.6 Å². The van der Waals surface area contributed by atoms with E-state index in [0.29, 0.717) is 30.4 Å². The summed E-state index contributed by atoms with van der Waals surface area (Å²) in [6.07, 6.45) is 0. The van der Waals surface area contributed by atoms with E-state index < -0.39 is 6.04 Å². The zero-order chi connectivity index (χ0) is 18.6. The Bertz CT molecular complexity index is 640. The number of ether oxygens (including phenoxy) is 2. The Labute approximate surface area is 148 Å². The number of likely N-dealkylation sites (N-methyl/N-ethyl adjacent to an activating group) is 1. The molecule has 0 aromatic heterocycles. The van der Waals surface area contributed by atoms with Crippen LogP contribution in [0, 0.1) is 0 Å². The average Bonchev–Trinajstić information content (AvgIpc) is 2.52. The molecule has 7 heteroatoms. The maximum atomic E-state index is 12.4. The highest BCUT2D eigenvalue weighted by molar-refractivity contribution is 5.95. The lowest BCUT2D eigenvalue weighted by molar-refractivity contribution is -0.125. The van der Waals surface area contributed by atoms with Crippen LogP contribution in [0.5, 0.6) is 11.5 Å². The molecule has 2 amide bonds. The van der Waals surface area contributed by atoms with E-state index in [1.54, 1.807) is 37.1 Å². The SMILES string of the molecule is C[C@H](C(=O)Nc1ccc2c(c1)OCCO2)N(C)CC(=O)NC(C)(C)C. The predicted molar refractivity (Wildman–Crippen MR) is 96.0 cm³/mol. The van der Waals surface area contributed by atoms with Crippen LogP contribution in [-0.2, 0) is 9.59 Å². The Hall–Kier alpha value is -2.28. The first-order valence-electron chi connectivity index (χ1n) is 8.37. The molecule has 0 saturated heterocycles. The summed E-state index contributed by atoms with van der Waals surface area (Å²) >= 11 is 0. The molecule has 1 aromatic rings. The number of benzene rings is 1. The molecule has 0 radical (unpaired) electrons. The van der Waals surface area contributed by atoms with Gasteiger partial charge in [0.15, 0.2) is 11.5 Å². The monoisotopic (exact) mass is 349 g/mol. The number of rotatable bonds is 5. The Morgan fingerprint density at radius 1 is 1.20 bits per heavy atom. The zero-order valence-electron chi connectivity index (χ0n) is 15.5. The summed E-state index contributed by atoms with van der Waals surface area (Å²) in [4.78, 5) is 26.1. The minimum absolute atomic E-state index is 0.117. The first-order chi connectivity index (χ1) is 11.7. The van der Waals surface area contributed by atoms with Crippen LogP contribution < -0.4 is 20.1 Å². The average molecular weight is 349 g/mol. The second kappa shape index (κ2) is 7.74. The van der Waals surface area contributed by atoms with Crippen LogP contribution in [0.25, 0.3) is 0 Å². The lowest BCUT2D eigenvalue weighted by atomic mass is 10.1. The molecule has 1 heterocycles. The van der Waals surface area contributed by atoms with Crippen molar-refractivity contribution in [3.63, 3.8) is 0 Å². The first-order valence-corrected chi connectivity index (χ1v) is 8.37. The van der Waals surface area contributed by atoms with Crippen LogP contribution >= 0.6 is 0 Å². The van der Waals surface area contributed by atoms with Gasteiger partial charge in [0.2, 0.25) is 11.8 Å². The van der Waals surface area contributed by atoms with Crippen molar-refractivity contribution < 1.29 is 19.1 Å². The summed E-state index contributed by atoms with van der Waals surface area (Å²) in [6, 6.07) is 4.82. The number of hydrogen-bond acceptors (Lipinski definition) is 5. The maximum absolute atomic E-state index is 12.4. The van der Waals surface area contributed by atoms with Gasteiger partial charge in [-0.2, -0.15) is 0 Å². The van der Waals surface area contributed by atoms with Crippen molar-refractivity contribution in [3.8, 4) is 11.5 Å². The topological polar surface area (TPSA) is 79.9 Å². The highest BCUT2D eigenvalue weighted by atomic mass is 16.6. The van der Waals surface area contributed by atoms with E-state index in [0.717, 1.165) is 0 Å². The van der Waals surface area contributed by atoms with Gasteiger partial charge in [-0.1, -0.05) is 0 Å². The number of hydrogen-bond donors (Lipinski definition) is 2. The molecule has 7 nitrogen and oxygen atoms in total. The number of nitrogens with zero attached hydrogens (tertiary/aromatic N) is 1. The minimum Gasteiger partial charge on any atom is -0.486 e. The minimum atomic E-state index is -0.459. The Morgan fingerprint density at radius 3 is 2.48 bits per heavy atom. The fraction of sp³-hybridized carbons (Fsp3) is 0.556. The van der Waals surface area contributed by atoms with Crippen LogP contribution in [0.2, 0.25) is 0 Å². The van der Waals surface area contributed by atoms with Gasteiger partial charge in [0.1, 0.15) is 13.2 Å². The van der Waals surface area contributed by atoms with Crippen LogP contribution in [0.3, 0.4) is 0 Å². The van der Waals surface area contributed by atoms with Gasteiger partial charge in [-0.15, -0.1) is 0 Å². The third-order valence-corrected chi connectivity index (χ3v) is 3.76. The van der Waals surface area contributed by atoms with Crippen molar-refractivity contribution in [1.29, 1.82) is 0 Å². The molecular weight excluding hydrogens is 322 g/mol. The largest absolute Gasteiger partial charge is 0.486 e. The molecule has 2 rings (SSSR count). The second-order valence-electron chi connectivity index (χ2n) is 7.24. The highest BCUT2D eigenvalue weighted by Gasteiger charge is 2.22. The summed E-state index contributed by atoms with van der Waals surface area (Å²) in [5, 5.41) is 5.73. The standard InChI is InChI=1S/C18H27N3O4/c1-12(21(5)11-16(22)20-18(2,3)4)17(23)19-13-6-7-14-15(10-13)25-9-8-24-14/h6-7,10,12H,8-9,11H2,1-5H3,(H,19,23)(H,20,22)/t12-/m1/s1. The molecule has 0 bridgehead atoms. The highest BCUT2D eigenvalue weighted by Crippen LogP contribution is 2.32. The molecule has 0 aliphatic carbocycles. The van der Waals surface area contributed by atoms with Gasteiger partial charge in [0.05, 0.1) is 12.6 Å². The van der Waals surface area contributed by atoms with E-state index in [4.69, 9.17) is 9.47 Å². The van der Waals surface area contributed by atoms with Crippen molar-refractivity contribution in [3.05, 3.63) is 18.2 Å². The fourth-order valence-corrected chi connectivity index (χ4v) is 2.39. The molecule has 1 aliphatic heterocycles. The smallest absolute Gasteiger partial charge is 0.241 e. The van der Waals surface area contributed by atoms with Crippen molar-refractivity contribution in [2.24, 2.45) is 0 Å². The molecule has 0 spiro atoms. The quantitative estimate of drug-likeness (QED) is 0.845. The van der Waals surface area contributed by atoms with E-state index in [9.17, 15) is 9.59 Å². The third-order valence-electron chi connectivity index (χ3n) is 3.76. The molecule has 1 atom stereocenters. The molecule has 25 heavy (non-hydrogen) atoms. The summed E-state index contributed by atoms with van der Waals surface area (Å²) in [5.41, 5.74) is 0.336. The van der Waals surface area contributed by atoms with Gasteiger partial charge in [0.25, 0.3) is 0 Å². The van der Waals surface area contributed by atoms with Gasteiger partial charge in [0, 0.05) is 17.3 Å². The molecule has 138 valence electrons. The van der Waals surface area contributed by atoms with Crippen LogP contribution in [0.1, 0.15) is 27.7 Å². The predicted octanol–water partition coefficient (Wildman–Crippen LogP) is 1.63. The van der Waals surface area contributed by atoms with Crippen LogP contribution in [0.4, 0.5) is 5.69 Å². The lowest BCUT2D eigenvalue weighted by Gasteiger charge is -2.26. The van der Waals surface area contributed by atoms with Crippen molar-refractivity contribution in [2.45, 2.75) is 39.3 Å². The van der Waals surface area contributed by atoms with E-state index >= 15 is 0 Å². The molecule has 1 aliphatic rings. The van der Waals surface area contributed by atoms with E-state index in [1.165, 1.54) is 0 Å². The molecule has 2 N–H and O–H groups in total. The molecular formula is C18H27N3O4. The summed E-state index contributed by atoms with van der Waals surface area (Å²) in [6.45, 7) is 8.68. The number of carbonyl (C=O) groups excluding carboxylic acids is 2. The Morgan fingerprint density at radius 2 is 1.84 bits per heavy atom. The molecule has 0 fully saturated rings. The summed E-state index contributed by atoms with van der Waals surface area (Å²) in [7, 11) is 1.75. The van der Waals surface area contributed by atoms with E-state index in [1.807, 2.05) is 20.8 Å². The van der Waals surface area contributed by atoms with Gasteiger partial charge in [-0.25, -0.2) is 0 Å².